The molecule has 0 spiro atoms. The standard InChI is InChI=1S/C23H22ClF2N5O2S2/c1-35(33)29-10-17-18(11-29)30(5-4-27-17)22-14-9-15(24)19(13-3-2-12(25)8-16(13)26)21-20(14)31(6-7-34-21)23(32)28-22/h2-3,8-9,17-18,27H,4-7,10-11H2,1H3. The first kappa shape index (κ1) is 23.4. The number of thioether (sulfide) groups is 1. The number of piperazine rings is 1. The largest absolute Gasteiger partial charge is 0.350 e. The van der Waals surface area contributed by atoms with Crippen molar-refractivity contribution >= 4 is 51.1 Å². The van der Waals surface area contributed by atoms with Crippen LogP contribution in [0.4, 0.5) is 14.6 Å². The average Bonchev–Trinajstić information content (AvgIpc) is 3.27. The second-order valence-corrected chi connectivity index (χ2v) is 11.8. The van der Waals surface area contributed by atoms with Gasteiger partial charge in [-0.3, -0.25) is 4.57 Å². The van der Waals surface area contributed by atoms with E-state index in [-0.39, 0.29) is 23.3 Å². The zero-order valence-electron chi connectivity index (χ0n) is 18.8. The van der Waals surface area contributed by atoms with E-state index in [0.29, 0.717) is 65.3 Å². The maximum atomic E-state index is 14.8. The minimum absolute atomic E-state index is 0.00867. The molecule has 35 heavy (non-hydrogen) atoms. The van der Waals surface area contributed by atoms with Gasteiger partial charge in [0.1, 0.15) is 17.5 Å². The highest BCUT2D eigenvalue weighted by Gasteiger charge is 2.41. The molecule has 0 saturated carbocycles. The molecule has 0 radical (unpaired) electrons. The number of fused-ring (bicyclic) bond motifs is 1. The van der Waals surface area contributed by atoms with Gasteiger partial charge >= 0.3 is 5.69 Å². The normalized spacial score (nSPS) is 23.0. The summed E-state index contributed by atoms with van der Waals surface area (Å²) in [5, 5.41) is 4.53. The molecule has 6 rings (SSSR count). The fraction of sp³-hybridized carbons (Fsp3) is 0.391. The number of aryl methyl sites for hydroxylation is 1. The monoisotopic (exact) mass is 537 g/mol. The SMILES string of the molecule is CS(=O)N1CC2NCCN(c3nc(=O)n4c5c(c(-c6ccc(F)cc6F)c(Cl)cc35)SCC4)C2C1. The summed E-state index contributed by atoms with van der Waals surface area (Å²) in [5.41, 5.74) is 0.951. The van der Waals surface area contributed by atoms with Crippen molar-refractivity contribution in [3.05, 3.63) is 51.4 Å². The molecule has 184 valence electrons. The molecule has 0 aliphatic carbocycles. The van der Waals surface area contributed by atoms with Gasteiger partial charge in [0.05, 0.1) is 27.6 Å². The number of hydrogen-bond donors (Lipinski definition) is 1. The average molecular weight is 538 g/mol. The summed E-state index contributed by atoms with van der Waals surface area (Å²) in [6.45, 7) is 3.04. The van der Waals surface area contributed by atoms with Crippen LogP contribution in [0, 0.1) is 11.6 Å². The molecule has 0 amide bonds. The number of benzene rings is 2. The summed E-state index contributed by atoms with van der Waals surface area (Å²) < 4.78 is 44.1. The van der Waals surface area contributed by atoms with Crippen LogP contribution in [0.5, 0.6) is 0 Å². The number of nitrogens with zero attached hydrogens (tertiary/aromatic N) is 4. The lowest BCUT2D eigenvalue weighted by Crippen LogP contribution is -2.58. The number of halogens is 3. The molecule has 1 N–H and O–H groups in total. The molecule has 2 saturated heterocycles. The number of rotatable bonds is 3. The van der Waals surface area contributed by atoms with Crippen molar-refractivity contribution in [1.82, 2.24) is 19.2 Å². The Morgan fingerprint density at radius 2 is 2.06 bits per heavy atom. The van der Waals surface area contributed by atoms with Crippen molar-refractivity contribution < 1.29 is 13.0 Å². The van der Waals surface area contributed by atoms with E-state index in [1.807, 2.05) is 4.31 Å². The lowest BCUT2D eigenvalue weighted by molar-refractivity contribution is 0.422. The van der Waals surface area contributed by atoms with Gasteiger partial charge < -0.3 is 10.2 Å². The zero-order valence-corrected chi connectivity index (χ0v) is 21.2. The van der Waals surface area contributed by atoms with Crippen molar-refractivity contribution in [2.45, 2.75) is 23.5 Å². The highest BCUT2D eigenvalue weighted by Crippen LogP contribution is 2.46. The molecule has 3 aliphatic rings. The Hall–Kier alpha value is -2.05. The molecular weight excluding hydrogens is 516 g/mol. The molecular formula is C23H22ClF2N5O2S2. The van der Waals surface area contributed by atoms with E-state index >= 15 is 0 Å². The van der Waals surface area contributed by atoms with Crippen LogP contribution >= 0.6 is 23.4 Å². The predicted molar refractivity (Wildman–Crippen MR) is 136 cm³/mol. The molecule has 7 nitrogen and oxygen atoms in total. The third-order valence-electron chi connectivity index (χ3n) is 6.96. The Morgan fingerprint density at radius 3 is 2.83 bits per heavy atom. The van der Waals surface area contributed by atoms with Crippen LogP contribution in [-0.4, -0.2) is 68.3 Å². The van der Waals surface area contributed by atoms with E-state index < -0.39 is 22.6 Å². The van der Waals surface area contributed by atoms with E-state index in [9.17, 15) is 17.8 Å². The first-order valence-corrected chi connectivity index (χ1v) is 14.1. The maximum absolute atomic E-state index is 14.8. The van der Waals surface area contributed by atoms with Crippen molar-refractivity contribution in [3.8, 4) is 11.1 Å². The van der Waals surface area contributed by atoms with Crippen molar-refractivity contribution in [2.75, 3.05) is 43.1 Å². The van der Waals surface area contributed by atoms with Gasteiger partial charge in [-0.1, -0.05) is 11.6 Å². The summed E-state index contributed by atoms with van der Waals surface area (Å²) in [6, 6.07) is 5.25. The predicted octanol–water partition coefficient (Wildman–Crippen LogP) is 2.86. The van der Waals surface area contributed by atoms with E-state index in [2.05, 4.69) is 15.2 Å². The van der Waals surface area contributed by atoms with E-state index in [1.54, 1.807) is 16.9 Å². The van der Waals surface area contributed by atoms with Gasteiger partial charge in [0, 0.05) is 78.2 Å². The summed E-state index contributed by atoms with van der Waals surface area (Å²) in [4.78, 5) is 20.5. The Morgan fingerprint density at radius 1 is 1.23 bits per heavy atom. The van der Waals surface area contributed by atoms with Gasteiger partial charge in [0.25, 0.3) is 0 Å². The Kier molecular flexibility index (Phi) is 5.88. The quantitative estimate of drug-likeness (QED) is 0.554. The van der Waals surface area contributed by atoms with Gasteiger partial charge in [-0.15, -0.1) is 11.8 Å². The van der Waals surface area contributed by atoms with Gasteiger partial charge in [0.15, 0.2) is 0 Å². The molecule has 2 aromatic carbocycles. The van der Waals surface area contributed by atoms with Gasteiger partial charge in [-0.05, 0) is 18.2 Å². The number of anilines is 1. The molecule has 12 heteroatoms. The molecule has 4 heterocycles. The third-order valence-corrected chi connectivity index (χ3v) is 9.36. The van der Waals surface area contributed by atoms with Crippen LogP contribution < -0.4 is 15.9 Å². The summed E-state index contributed by atoms with van der Waals surface area (Å²) in [7, 11) is -1.10. The number of nitrogens with one attached hydrogen (secondary N) is 1. The topological polar surface area (TPSA) is 70.5 Å². The highest BCUT2D eigenvalue weighted by molar-refractivity contribution is 7.99. The summed E-state index contributed by atoms with van der Waals surface area (Å²) in [5.74, 6) is -0.229. The maximum Gasteiger partial charge on any atom is 0.350 e. The van der Waals surface area contributed by atoms with Crippen molar-refractivity contribution in [2.24, 2.45) is 0 Å². The fourth-order valence-electron chi connectivity index (χ4n) is 5.39. The van der Waals surface area contributed by atoms with Crippen molar-refractivity contribution in [1.29, 1.82) is 0 Å². The number of hydrogen-bond acceptors (Lipinski definition) is 6. The lowest BCUT2D eigenvalue weighted by Gasteiger charge is -2.39. The molecule has 3 atom stereocenters. The minimum Gasteiger partial charge on any atom is -0.349 e. The smallest absolute Gasteiger partial charge is 0.349 e. The Balaban J connectivity index is 1.57. The molecule has 0 bridgehead atoms. The molecule has 3 unspecified atom stereocenters. The second-order valence-electron chi connectivity index (χ2n) is 8.89. The zero-order chi connectivity index (χ0) is 24.4. The third kappa shape index (κ3) is 3.79. The summed E-state index contributed by atoms with van der Waals surface area (Å²) in [6.07, 6.45) is 1.67. The van der Waals surface area contributed by atoms with E-state index in [0.717, 1.165) is 11.5 Å². The number of aromatic nitrogens is 2. The van der Waals surface area contributed by atoms with Crippen LogP contribution in [0.3, 0.4) is 0 Å². The van der Waals surface area contributed by atoms with Crippen LogP contribution in [0.2, 0.25) is 5.02 Å². The molecule has 3 aliphatic heterocycles. The van der Waals surface area contributed by atoms with Crippen LogP contribution in [0.25, 0.3) is 22.0 Å². The summed E-state index contributed by atoms with van der Waals surface area (Å²) >= 11 is 8.27. The van der Waals surface area contributed by atoms with E-state index in [4.69, 9.17) is 11.6 Å². The highest BCUT2D eigenvalue weighted by atomic mass is 35.5. The Labute approximate surface area is 212 Å². The molecule has 2 fully saturated rings. The Bertz CT molecular complexity index is 1450. The van der Waals surface area contributed by atoms with Gasteiger partial charge in [-0.2, -0.15) is 4.98 Å². The van der Waals surface area contributed by atoms with Crippen LogP contribution in [-0.2, 0) is 17.5 Å². The molecule has 3 aromatic rings. The van der Waals surface area contributed by atoms with Gasteiger partial charge in [-0.25, -0.2) is 22.1 Å². The first-order chi connectivity index (χ1) is 16.8. The lowest BCUT2D eigenvalue weighted by atomic mass is 10.0. The van der Waals surface area contributed by atoms with Crippen LogP contribution in [0.1, 0.15) is 0 Å². The van der Waals surface area contributed by atoms with Crippen LogP contribution in [0.15, 0.2) is 34.0 Å². The molecule has 1 aromatic heterocycles. The van der Waals surface area contributed by atoms with E-state index in [1.165, 1.54) is 23.9 Å². The van der Waals surface area contributed by atoms with Gasteiger partial charge in [0.2, 0.25) is 0 Å². The van der Waals surface area contributed by atoms with Crippen molar-refractivity contribution in [3.63, 3.8) is 0 Å². The first-order valence-electron chi connectivity index (χ1n) is 11.3. The fourth-order valence-corrected chi connectivity index (χ4v) is 7.68. The second kappa shape index (κ2) is 8.81. The minimum atomic E-state index is -1.10.